The fourth-order valence-electron chi connectivity index (χ4n) is 4.01. The van der Waals surface area contributed by atoms with Gasteiger partial charge in [-0.15, -0.1) is 0 Å². The van der Waals surface area contributed by atoms with Crippen molar-refractivity contribution < 1.29 is 14.0 Å². The summed E-state index contributed by atoms with van der Waals surface area (Å²) in [6.45, 7) is 7.69. The average molecular weight is 479 g/mol. The molecule has 0 aliphatic carbocycles. The molecule has 0 radical (unpaired) electrons. The molecule has 0 saturated heterocycles. The van der Waals surface area contributed by atoms with Gasteiger partial charge in [0.15, 0.2) is 5.76 Å². The van der Waals surface area contributed by atoms with Gasteiger partial charge in [0.25, 0.3) is 5.91 Å². The zero-order valence-corrected chi connectivity index (χ0v) is 21.4. The second-order valence-electron chi connectivity index (χ2n) is 9.08. The number of rotatable bonds is 13. The lowest BCUT2D eigenvalue weighted by atomic mass is 10.2. The summed E-state index contributed by atoms with van der Waals surface area (Å²) in [5, 5.41) is 0. The van der Waals surface area contributed by atoms with Gasteiger partial charge in [0.1, 0.15) is 5.76 Å². The van der Waals surface area contributed by atoms with Crippen molar-refractivity contribution in [3.8, 4) is 0 Å². The average Bonchev–Trinajstić information content (AvgIpc) is 3.51. The fourth-order valence-corrected chi connectivity index (χ4v) is 4.01. The van der Waals surface area contributed by atoms with Crippen molar-refractivity contribution >= 4 is 11.8 Å². The number of benzene rings is 1. The zero-order valence-electron chi connectivity index (χ0n) is 21.4. The van der Waals surface area contributed by atoms with E-state index in [0.29, 0.717) is 44.1 Å². The highest BCUT2D eigenvalue weighted by Crippen LogP contribution is 2.17. The Morgan fingerprint density at radius 2 is 1.63 bits per heavy atom. The van der Waals surface area contributed by atoms with E-state index in [1.807, 2.05) is 85.5 Å². The molecule has 0 N–H and O–H groups in total. The van der Waals surface area contributed by atoms with E-state index in [-0.39, 0.29) is 11.8 Å². The molecule has 0 bridgehead atoms. The molecule has 0 atom stereocenters. The summed E-state index contributed by atoms with van der Waals surface area (Å²) in [4.78, 5) is 31.4. The molecule has 7 nitrogen and oxygen atoms in total. The first-order valence-corrected chi connectivity index (χ1v) is 12.4. The number of aromatic nitrogens is 1. The molecule has 7 heteroatoms. The second-order valence-corrected chi connectivity index (χ2v) is 9.08. The van der Waals surface area contributed by atoms with Crippen LogP contribution in [0.25, 0.3) is 0 Å². The van der Waals surface area contributed by atoms with Gasteiger partial charge in [-0.25, -0.2) is 0 Å². The molecule has 0 spiro atoms. The standard InChI is InChI=1S/C28H38N4O3/c1-5-16-31(27(33)6-2)21-24-13-10-17-30(24)22-25-14-15-26(35-25)28(34)32(19-18-29(3)4)20-23-11-8-7-9-12-23/h7-15,17H,5-6,16,18-22H2,1-4H3. The minimum atomic E-state index is -0.114. The fraction of sp³-hybridized carbons (Fsp3) is 0.429. The molecule has 3 aromatic rings. The molecular formula is C28H38N4O3. The van der Waals surface area contributed by atoms with Crippen LogP contribution in [0, 0.1) is 0 Å². The van der Waals surface area contributed by atoms with Gasteiger partial charge < -0.3 is 23.7 Å². The van der Waals surface area contributed by atoms with Gasteiger partial charge in [0.05, 0.1) is 13.1 Å². The quantitative estimate of drug-likeness (QED) is 0.363. The van der Waals surface area contributed by atoms with Gasteiger partial charge in [-0.3, -0.25) is 9.59 Å². The Balaban J connectivity index is 1.71. The van der Waals surface area contributed by atoms with E-state index in [1.54, 1.807) is 6.07 Å². The molecule has 2 aromatic heterocycles. The van der Waals surface area contributed by atoms with Gasteiger partial charge in [-0.1, -0.05) is 44.2 Å². The summed E-state index contributed by atoms with van der Waals surface area (Å²) in [7, 11) is 4.00. The maximum Gasteiger partial charge on any atom is 0.289 e. The van der Waals surface area contributed by atoms with Crippen LogP contribution < -0.4 is 0 Å². The smallest absolute Gasteiger partial charge is 0.289 e. The van der Waals surface area contributed by atoms with Crippen LogP contribution in [0.1, 0.15) is 54.3 Å². The topological polar surface area (TPSA) is 61.9 Å². The summed E-state index contributed by atoms with van der Waals surface area (Å²) in [6, 6.07) is 17.6. The molecule has 1 aromatic carbocycles. The van der Waals surface area contributed by atoms with E-state index in [9.17, 15) is 9.59 Å². The molecule has 0 aliphatic heterocycles. The Bertz CT molecular complexity index is 1070. The largest absolute Gasteiger partial charge is 0.454 e. The van der Waals surface area contributed by atoms with E-state index in [1.165, 1.54) is 0 Å². The van der Waals surface area contributed by atoms with Crippen molar-refractivity contribution in [1.82, 2.24) is 19.3 Å². The number of hydrogen-bond donors (Lipinski definition) is 0. The Morgan fingerprint density at radius 3 is 2.31 bits per heavy atom. The van der Waals surface area contributed by atoms with Crippen LogP contribution in [-0.4, -0.2) is 64.8 Å². The first-order chi connectivity index (χ1) is 16.9. The first kappa shape index (κ1) is 26.3. The summed E-state index contributed by atoms with van der Waals surface area (Å²) in [5.74, 6) is 1.10. The second kappa shape index (κ2) is 13.0. The van der Waals surface area contributed by atoms with E-state index < -0.39 is 0 Å². The monoisotopic (exact) mass is 478 g/mol. The van der Waals surface area contributed by atoms with Crippen LogP contribution in [0.3, 0.4) is 0 Å². The van der Waals surface area contributed by atoms with Gasteiger partial charge in [-0.05, 0) is 50.3 Å². The zero-order chi connectivity index (χ0) is 25.2. The normalized spacial score (nSPS) is 11.1. The van der Waals surface area contributed by atoms with Crippen molar-refractivity contribution in [1.29, 1.82) is 0 Å². The maximum absolute atomic E-state index is 13.3. The molecule has 3 rings (SSSR count). The number of carbonyl (C=O) groups excluding carboxylic acids is 2. The van der Waals surface area contributed by atoms with E-state index in [0.717, 1.165) is 30.8 Å². The molecule has 0 aliphatic rings. The molecular weight excluding hydrogens is 440 g/mol. The Hall–Kier alpha value is -3.32. The summed E-state index contributed by atoms with van der Waals surface area (Å²) in [6.07, 6.45) is 3.40. The molecule has 2 amide bonds. The Kier molecular flexibility index (Phi) is 9.73. The number of carbonyl (C=O) groups is 2. The number of hydrogen-bond acceptors (Lipinski definition) is 4. The summed E-state index contributed by atoms with van der Waals surface area (Å²) >= 11 is 0. The van der Waals surface area contributed by atoms with Crippen LogP contribution in [0.5, 0.6) is 0 Å². The van der Waals surface area contributed by atoms with Crippen LogP contribution in [0.15, 0.2) is 65.2 Å². The third kappa shape index (κ3) is 7.59. The van der Waals surface area contributed by atoms with Crippen molar-refractivity contribution in [2.45, 2.75) is 46.3 Å². The van der Waals surface area contributed by atoms with Gasteiger partial charge in [0.2, 0.25) is 5.91 Å². The number of nitrogens with zero attached hydrogens (tertiary/aromatic N) is 4. The van der Waals surface area contributed by atoms with Crippen molar-refractivity contribution in [2.24, 2.45) is 0 Å². The minimum Gasteiger partial charge on any atom is -0.454 e. The van der Waals surface area contributed by atoms with Crippen LogP contribution in [0.2, 0.25) is 0 Å². The highest BCUT2D eigenvalue weighted by molar-refractivity contribution is 5.91. The lowest BCUT2D eigenvalue weighted by Crippen LogP contribution is -2.36. The Labute approximate surface area is 208 Å². The number of amides is 2. The highest BCUT2D eigenvalue weighted by atomic mass is 16.4. The summed E-state index contributed by atoms with van der Waals surface area (Å²) < 4.78 is 8.09. The molecule has 0 fully saturated rings. The first-order valence-electron chi connectivity index (χ1n) is 12.4. The van der Waals surface area contributed by atoms with Crippen molar-refractivity contribution in [3.63, 3.8) is 0 Å². The molecule has 0 saturated carbocycles. The predicted molar refractivity (Wildman–Crippen MR) is 138 cm³/mol. The number of likely N-dealkylation sites (N-methyl/N-ethyl adjacent to an activating group) is 1. The lowest BCUT2D eigenvalue weighted by molar-refractivity contribution is -0.131. The van der Waals surface area contributed by atoms with Crippen LogP contribution in [-0.2, 0) is 24.4 Å². The predicted octanol–water partition coefficient (Wildman–Crippen LogP) is 4.48. The molecule has 188 valence electrons. The molecule has 2 heterocycles. The van der Waals surface area contributed by atoms with Crippen molar-refractivity contribution in [2.75, 3.05) is 33.7 Å². The lowest BCUT2D eigenvalue weighted by Gasteiger charge is -2.23. The maximum atomic E-state index is 13.3. The van der Waals surface area contributed by atoms with Crippen LogP contribution >= 0.6 is 0 Å². The highest BCUT2D eigenvalue weighted by Gasteiger charge is 2.20. The summed E-state index contributed by atoms with van der Waals surface area (Å²) in [5.41, 5.74) is 2.13. The molecule has 0 unspecified atom stereocenters. The number of furan rings is 1. The van der Waals surface area contributed by atoms with E-state index >= 15 is 0 Å². The van der Waals surface area contributed by atoms with Crippen LogP contribution in [0.4, 0.5) is 0 Å². The minimum absolute atomic E-state index is 0.114. The van der Waals surface area contributed by atoms with Gasteiger partial charge >= 0.3 is 0 Å². The third-order valence-electron chi connectivity index (χ3n) is 5.94. The van der Waals surface area contributed by atoms with Gasteiger partial charge in [0, 0.05) is 44.5 Å². The van der Waals surface area contributed by atoms with Crippen molar-refractivity contribution in [3.05, 3.63) is 83.6 Å². The Morgan fingerprint density at radius 1 is 0.857 bits per heavy atom. The van der Waals surface area contributed by atoms with E-state index in [2.05, 4.69) is 16.4 Å². The van der Waals surface area contributed by atoms with E-state index in [4.69, 9.17) is 4.42 Å². The molecule has 35 heavy (non-hydrogen) atoms. The SMILES string of the molecule is CCCN(Cc1cccn1Cc1ccc(C(=O)N(CCN(C)C)Cc2ccccc2)o1)C(=O)CC. The van der Waals surface area contributed by atoms with Gasteiger partial charge in [-0.2, -0.15) is 0 Å². The third-order valence-corrected chi connectivity index (χ3v) is 5.94.